The van der Waals surface area contributed by atoms with Gasteiger partial charge in [-0.15, -0.1) is 0 Å². The maximum Gasteiger partial charge on any atom is 0.229 e. The van der Waals surface area contributed by atoms with E-state index in [9.17, 15) is 14.0 Å². The molecule has 1 aliphatic rings. The van der Waals surface area contributed by atoms with E-state index < -0.39 is 11.7 Å². The van der Waals surface area contributed by atoms with Gasteiger partial charge in [0.2, 0.25) is 11.8 Å². The van der Waals surface area contributed by atoms with Crippen LogP contribution in [0.4, 0.5) is 15.8 Å². The van der Waals surface area contributed by atoms with Gasteiger partial charge in [-0.2, -0.15) is 0 Å². The predicted octanol–water partition coefficient (Wildman–Crippen LogP) is 3.47. The first-order valence-electron chi connectivity index (χ1n) is 7.16. The second-order valence-corrected chi connectivity index (χ2v) is 5.79. The standard InChI is InChI=1S/C17H14ClFN2O2/c18-12-5-7-13(8-6-12)20-17(23)11-9-16(22)21(10-11)15-4-2-1-3-14(15)19/h1-8,11H,9-10H2,(H,20,23)/t11-/m1/s1. The summed E-state index contributed by atoms with van der Waals surface area (Å²) in [6.07, 6.45) is 0.0633. The molecule has 2 aromatic carbocycles. The predicted molar refractivity (Wildman–Crippen MR) is 86.9 cm³/mol. The highest BCUT2D eigenvalue weighted by Gasteiger charge is 2.36. The van der Waals surface area contributed by atoms with Gasteiger partial charge in [0.1, 0.15) is 5.82 Å². The van der Waals surface area contributed by atoms with E-state index in [1.807, 2.05) is 0 Å². The van der Waals surface area contributed by atoms with E-state index in [2.05, 4.69) is 5.32 Å². The van der Waals surface area contributed by atoms with Crippen molar-refractivity contribution in [3.63, 3.8) is 0 Å². The first-order chi connectivity index (χ1) is 11.0. The van der Waals surface area contributed by atoms with Crippen molar-refractivity contribution in [3.8, 4) is 0 Å². The Morgan fingerprint density at radius 1 is 1.17 bits per heavy atom. The summed E-state index contributed by atoms with van der Waals surface area (Å²) in [6, 6.07) is 12.8. The number of hydrogen-bond donors (Lipinski definition) is 1. The van der Waals surface area contributed by atoms with Crippen molar-refractivity contribution in [2.24, 2.45) is 5.92 Å². The third-order valence-corrected chi connectivity index (χ3v) is 4.00. The number of carbonyl (C=O) groups excluding carboxylic acids is 2. The summed E-state index contributed by atoms with van der Waals surface area (Å²) in [7, 11) is 0. The fourth-order valence-corrected chi connectivity index (χ4v) is 2.69. The van der Waals surface area contributed by atoms with Crippen molar-refractivity contribution in [2.75, 3.05) is 16.8 Å². The minimum Gasteiger partial charge on any atom is -0.326 e. The third kappa shape index (κ3) is 3.35. The molecule has 1 heterocycles. The Balaban J connectivity index is 1.71. The van der Waals surface area contributed by atoms with Gasteiger partial charge in [-0.3, -0.25) is 9.59 Å². The molecule has 1 atom stereocenters. The molecule has 1 aliphatic heterocycles. The Bertz CT molecular complexity index is 749. The zero-order chi connectivity index (χ0) is 16.4. The number of amides is 2. The highest BCUT2D eigenvalue weighted by atomic mass is 35.5. The summed E-state index contributed by atoms with van der Waals surface area (Å²) >= 11 is 5.80. The van der Waals surface area contributed by atoms with Crippen LogP contribution < -0.4 is 10.2 Å². The molecule has 1 N–H and O–H groups in total. The molecule has 0 spiro atoms. The molecule has 0 saturated carbocycles. The van der Waals surface area contributed by atoms with Crippen LogP contribution in [0.3, 0.4) is 0 Å². The van der Waals surface area contributed by atoms with Crippen LogP contribution in [0, 0.1) is 11.7 Å². The normalized spacial score (nSPS) is 17.4. The van der Waals surface area contributed by atoms with E-state index >= 15 is 0 Å². The van der Waals surface area contributed by atoms with Crippen LogP contribution in [0.15, 0.2) is 48.5 Å². The van der Waals surface area contributed by atoms with Crippen molar-refractivity contribution in [1.82, 2.24) is 0 Å². The quantitative estimate of drug-likeness (QED) is 0.935. The third-order valence-electron chi connectivity index (χ3n) is 3.75. The van der Waals surface area contributed by atoms with E-state index in [0.29, 0.717) is 10.7 Å². The number of carbonyl (C=O) groups is 2. The SMILES string of the molecule is O=C(Nc1ccc(Cl)cc1)[C@@H]1CC(=O)N(c2ccccc2F)C1. The molecule has 0 aliphatic carbocycles. The lowest BCUT2D eigenvalue weighted by atomic mass is 10.1. The lowest BCUT2D eigenvalue weighted by Gasteiger charge is -2.17. The van der Waals surface area contributed by atoms with Crippen molar-refractivity contribution < 1.29 is 14.0 Å². The molecule has 4 nitrogen and oxygen atoms in total. The fourth-order valence-electron chi connectivity index (χ4n) is 2.56. The largest absolute Gasteiger partial charge is 0.326 e. The molecule has 3 rings (SSSR count). The number of halogens is 2. The van der Waals surface area contributed by atoms with Crippen molar-refractivity contribution >= 4 is 34.8 Å². The average molecular weight is 333 g/mol. The van der Waals surface area contributed by atoms with Crippen molar-refractivity contribution in [1.29, 1.82) is 0 Å². The zero-order valence-corrected chi connectivity index (χ0v) is 12.9. The molecule has 23 heavy (non-hydrogen) atoms. The minimum atomic E-state index is -0.516. The highest BCUT2D eigenvalue weighted by molar-refractivity contribution is 6.30. The molecule has 0 unspecified atom stereocenters. The Morgan fingerprint density at radius 2 is 1.87 bits per heavy atom. The minimum absolute atomic E-state index is 0.0633. The van der Waals surface area contributed by atoms with Gasteiger partial charge in [0.15, 0.2) is 0 Å². The number of anilines is 2. The lowest BCUT2D eigenvalue weighted by molar-refractivity contribution is -0.122. The fraction of sp³-hybridized carbons (Fsp3) is 0.176. The Morgan fingerprint density at radius 3 is 2.57 bits per heavy atom. The second-order valence-electron chi connectivity index (χ2n) is 5.35. The highest BCUT2D eigenvalue weighted by Crippen LogP contribution is 2.28. The summed E-state index contributed by atoms with van der Waals surface area (Å²) in [4.78, 5) is 25.7. The Labute approximate surface area is 137 Å². The lowest BCUT2D eigenvalue weighted by Crippen LogP contribution is -2.28. The number of para-hydroxylation sites is 1. The molecule has 0 radical (unpaired) electrons. The van der Waals surface area contributed by atoms with E-state index in [1.54, 1.807) is 36.4 Å². The van der Waals surface area contributed by atoms with Gasteiger partial charge in [0, 0.05) is 23.7 Å². The monoisotopic (exact) mass is 332 g/mol. The van der Waals surface area contributed by atoms with Gasteiger partial charge in [-0.05, 0) is 36.4 Å². The molecule has 0 aromatic heterocycles. The van der Waals surface area contributed by atoms with Crippen LogP contribution in [-0.4, -0.2) is 18.4 Å². The van der Waals surface area contributed by atoms with Crippen LogP contribution in [0.5, 0.6) is 0 Å². The Hall–Kier alpha value is -2.40. The number of nitrogens with one attached hydrogen (secondary N) is 1. The number of rotatable bonds is 3. The van der Waals surface area contributed by atoms with Crippen LogP contribution >= 0.6 is 11.6 Å². The second kappa shape index (κ2) is 6.38. The molecule has 1 fully saturated rings. The van der Waals surface area contributed by atoms with Crippen LogP contribution in [-0.2, 0) is 9.59 Å². The Kier molecular flexibility index (Phi) is 4.30. The smallest absolute Gasteiger partial charge is 0.229 e. The van der Waals surface area contributed by atoms with Crippen LogP contribution in [0.2, 0.25) is 5.02 Å². The van der Waals surface area contributed by atoms with E-state index in [-0.39, 0.29) is 30.5 Å². The molecule has 0 bridgehead atoms. The van der Waals surface area contributed by atoms with Gasteiger partial charge in [0.25, 0.3) is 0 Å². The topological polar surface area (TPSA) is 49.4 Å². The summed E-state index contributed by atoms with van der Waals surface area (Å²) in [5.41, 5.74) is 0.815. The van der Waals surface area contributed by atoms with E-state index in [4.69, 9.17) is 11.6 Å². The summed E-state index contributed by atoms with van der Waals surface area (Å²) in [5.74, 6) is -1.51. The van der Waals surface area contributed by atoms with Crippen LogP contribution in [0.25, 0.3) is 0 Å². The van der Waals surface area contributed by atoms with E-state index in [0.717, 1.165) is 0 Å². The maximum atomic E-state index is 13.8. The van der Waals surface area contributed by atoms with Gasteiger partial charge in [-0.25, -0.2) is 4.39 Å². The first-order valence-corrected chi connectivity index (χ1v) is 7.54. The summed E-state index contributed by atoms with van der Waals surface area (Å²) in [6.45, 7) is 0.166. The first kappa shape index (κ1) is 15.5. The van der Waals surface area contributed by atoms with E-state index in [1.165, 1.54) is 17.0 Å². The van der Waals surface area contributed by atoms with Gasteiger partial charge < -0.3 is 10.2 Å². The van der Waals surface area contributed by atoms with Crippen molar-refractivity contribution in [2.45, 2.75) is 6.42 Å². The summed E-state index contributed by atoms with van der Waals surface area (Å²) < 4.78 is 13.8. The van der Waals surface area contributed by atoms with Gasteiger partial charge in [0.05, 0.1) is 11.6 Å². The molecular weight excluding hydrogens is 319 g/mol. The average Bonchev–Trinajstić information content (AvgIpc) is 2.92. The number of benzene rings is 2. The molecule has 2 aromatic rings. The van der Waals surface area contributed by atoms with Gasteiger partial charge >= 0.3 is 0 Å². The molecule has 118 valence electrons. The van der Waals surface area contributed by atoms with Gasteiger partial charge in [-0.1, -0.05) is 23.7 Å². The number of nitrogens with zero attached hydrogens (tertiary/aromatic N) is 1. The summed E-state index contributed by atoms with van der Waals surface area (Å²) in [5, 5.41) is 3.32. The molecule has 1 saturated heterocycles. The van der Waals surface area contributed by atoms with Crippen molar-refractivity contribution in [3.05, 3.63) is 59.4 Å². The van der Waals surface area contributed by atoms with Crippen LogP contribution in [0.1, 0.15) is 6.42 Å². The maximum absolute atomic E-state index is 13.8. The molecule has 6 heteroatoms. The number of hydrogen-bond acceptors (Lipinski definition) is 2. The molecular formula is C17H14ClFN2O2. The molecule has 2 amide bonds. The zero-order valence-electron chi connectivity index (χ0n) is 12.1.